The smallest absolute Gasteiger partial charge is 0.278 e. The lowest BCUT2D eigenvalue weighted by Gasteiger charge is -2.16. The van der Waals surface area contributed by atoms with Gasteiger partial charge in [-0.3, -0.25) is 0 Å². The molecule has 0 aliphatic carbocycles. The predicted molar refractivity (Wildman–Crippen MR) is 79.7 cm³/mol. The minimum absolute atomic E-state index is 0.800. The van der Waals surface area contributed by atoms with Gasteiger partial charge in [-0.15, -0.1) is 10.3 Å². The van der Waals surface area contributed by atoms with E-state index in [1.165, 1.54) is 0 Å². The SMILES string of the molecule is CCC(=NO[Si](C)(C)C)C(C)=NO[Si](C)(C)C. The Hall–Kier alpha value is -0.626. The molecule has 0 aliphatic rings. The molecule has 0 radical (unpaired) electrons. The van der Waals surface area contributed by atoms with E-state index in [0.29, 0.717) is 0 Å². The van der Waals surface area contributed by atoms with Gasteiger partial charge in [0, 0.05) is 0 Å². The van der Waals surface area contributed by atoms with E-state index in [4.69, 9.17) is 9.05 Å². The molecule has 0 aromatic heterocycles. The van der Waals surface area contributed by atoms with E-state index in [0.717, 1.165) is 17.8 Å². The average molecular weight is 275 g/mol. The molecule has 0 bridgehead atoms. The van der Waals surface area contributed by atoms with Gasteiger partial charge in [0.15, 0.2) is 0 Å². The second-order valence-corrected chi connectivity index (χ2v) is 14.8. The third kappa shape index (κ3) is 9.11. The summed E-state index contributed by atoms with van der Waals surface area (Å²) >= 11 is 0. The Morgan fingerprint density at radius 1 is 0.882 bits per heavy atom. The van der Waals surface area contributed by atoms with Crippen LogP contribution in [0.15, 0.2) is 10.3 Å². The van der Waals surface area contributed by atoms with Crippen LogP contribution < -0.4 is 0 Å². The van der Waals surface area contributed by atoms with Gasteiger partial charge < -0.3 is 9.05 Å². The Bertz CT molecular complexity index is 302. The second kappa shape index (κ2) is 6.35. The van der Waals surface area contributed by atoms with Gasteiger partial charge in [-0.25, -0.2) is 0 Å². The Morgan fingerprint density at radius 3 is 1.65 bits per heavy atom. The molecule has 0 N–H and O–H groups in total. The number of hydrogen-bond acceptors (Lipinski definition) is 4. The Labute approximate surface area is 107 Å². The van der Waals surface area contributed by atoms with Gasteiger partial charge >= 0.3 is 0 Å². The normalized spacial score (nSPS) is 14.8. The number of nitrogens with zero attached hydrogens (tertiary/aromatic N) is 2. The van der Waals surface area contributed by atoms with Crippen LogP contribution in [0.3, 0.4) is 0 Å². The van der Waals surface area contributed by atoms with Crippen molar-refractivity contribution in [3.05, 3.63) is 0 Å². The highest BCUT2D eigenvalue weighted by Gasteiger charge is 2.18. The fourth-order valence-electron chi connectivity index (χ4n) is 0.837. The maximum atomic E-state index is 5.54. The zero-order valence-electron chi connectivity index (χ0n) is 12.4. The predicted octanol–water partition coefficient (Wildman–Crippen LogP) is 3.83. The average Bonchev–Trinajstić information content (AvgIpc) is 2.12. The summed E-state index contributed by atoms with van der Waals surface area (Å²) in [6, 6.07) is 0. The maximum absolute atomic E-state index is 5.54. The Balaban J connectivity index is 4.66. The van der Waals surface area contributed by atoms with E-state index >= 15 is 0 Å². The minimum atomic E-state index is -1.62. The van der Waals surface area contributed by atoms with Gasteiger partial charge in [-0.2, -0.15) is 0 Å². The number of rotatable bonds is 6. The summed E-state index contributed by atoms with van der Waals surface area (Å²) in [5.41, 5.74) is 1.68. The van der Waals surface area contributed by atoms with Crippen LogP contribution in [-0.4, -0.2) is 28.1 Å². The fraction of sp³-hybridized carbons (Fsp3) is 0.818. The molecule has 0 amide bonds. The molecule has 0 fully saturated rings. The molecule has 0 aromatic rings. The molecule has 0 aromatic carbocycles. The van der Waals surface area contributed by atoms with E-state index in [1.54, 1.807) is 0 Å². The summed E-state index contributed by atoms with van der Waals surface area (Å²) in [7, 11) is -3.23. The summed E-state index contributed by atoms with van der Waals surface area (Å²) in [6.45, 7) is 16.6. The molecule has 0 saturated carbocycles. The summed E-state index contributed by atoms with van der Waals surface area (Å²) in [6.07, 6.45) is 0.800. The molecule has 100 valence electrons. The third-order valence-corrected chi connectivity index (χ3v) is 2.92. The molecule has 4 nitrogen and oxygen atoms in total. The highest BCUT2D eigenvalue weighted by Crippen LogP contribution is 2.06. The summed E-state index contributed by atoms with van der Waals surface area (Å²) in [5.74, 6) is 0. The van der Waals surface area contributed by atoms with Gasteiger partial charge in [0.05, 0.1) is 5.71 Å². The van der Waals surface area contributed by atoms with Crippen molar-refractivity contribution in [2.75, 3.05) is 0 Å². The van der Waals surface area contributed by atoms with Crippen LogP contribution in [0.5, 0.6) is 0 Å². The minimum Gasteiger partial charge on any atom is -0.455 e. The van der Waals surface area contributed by atoms with E-state index in [9.17, 15) is 0 Å². The van der Waals surface area contributed by atoms with Gasteiger partial charge in [-0.05, 0) is 52.6 Å². The van der Waals surface area contributed by atoms with Crippen LogP contribution >= 0.6 is 0 Å². The molecular formula is C11H26N2O2Si2. The van der Waals surface area contributed by atoms with Crippen LogP contribution in [0.25, 0.3) is 0 Å². The maximum Gasteiger partial charge on any atom is 0.278 e. The summed E-state index contributed by atoms with van der Waals surface area (Å²) < 4.78 is 11.0. The fourth-order valence-corrected chi connectivity index (χ4v) is 1.63. The molecule has 0 spiro atoms. The first-order valence-corrected chi connectivity index (χ1v) is 12.8. The molecule has 0 unspecified atom stereocenters. The zero-order valence-corrected chi connectivity index (χ0v) is 14.4. The first-order valence-electron chi connectivity index (χ1n) is 6.03. The van der Waals surface area contributed by atoms with Gasteiger partial charge in [0.2, 0.25) is 0 Å². The summed E-state index contributed by atoms with van der Waals surface area (Å²) in [4.78, 5) is 0. The van der Waals surface area contributed by atoms with Gasteiger partial charge in [0.1, 0.15) is 5.71 Å². The highest BCUT2D eigenvalue weighted by molar-refractivity contribution is 6.70. The van der Waals surface area contributed by atoms with Gasteiger partial charge in [0.25, 0.3) is 16.6 Å². The number of hydrogen-bond donors (Lipinski definition) is 0. The third-order valence-electron chi connectivity index (χ3n) is 1.64. The van der Waals surface area contributed by atoms with Crippen LogP contribution in [0.4, 0.5) is 0 Å². The van der Waals surface area contributed by atoms with E-state index in [1.807, 2.05) is 13.8 Å². The molecule has 6 heteroatoms. The molecule has 17 heavy (non-hydrogen) atoms. The van der Waals surface area contributed by atoms with Crippen molar-refractivity contribution in [1.82, 2.24) is 0 Å². The second-order valence-electron chi connectivity index (χ2n) is 5.98. The number of oxime groups is 2. The van der Waals surface area contributed by atoms with Crippen molar-refractivity contribution >= 4 is 28.1 Å². The quantitative estimate of drug-likeness (QED) is 0.420. The van der Waals surface area contributed by atoms with E-state index < -0.39 is 16.6 Å². The van der Waals surface area contributed by atoms with Crippen molar-refractivity contribution < 1.29 is 9.05 Å². The van der Waals surface area contributed by atoms with Crippen LogP contribution in [0.1, 0.15) is 20.3 Å². The van der Waals surface area contributed by atoms with Gasteiger partial charge in [-0.1, -0.05) is 6.92 Å². The molecule has 0 heterocycles. The molecular weight excluding hydrogens is 248 g/mol. The standard InChI is InChI=1S/C11H26N2O2Si2/c1-9-11(13-15-17(6,7)8)10(2)12-14-16(3,4)5/h9H2,1-8H3. The first-order chi connectivity index (χ1) is 7.55. The zero-order chi connectivity index (χ0) is 13.7. The van der Waals surface area contributed by atoms with Crippen molar-refractivity contribution in [2.24, 2.45) is 10.3 Å². The molecule has 0 saturated heterocycles. The molecule has 0 atom stereocenters. The summed E-state index contributed by atoms with van der Waals surface area (Å²) in [5, 5.41) is 8.35. The highest BCUT2D eigenvalue weighted by atomic mass is 28.4. The lowest BCUT2D eigenvalue weighted by atomic mass is 10.2. The van der Waals surface area contributed by atoms with Crippen molar-refractivity contribution in [3.63, 3.8) is 0 Å². The lowest BCUT2D eigenvalue weighted by molar-refractivity contribution is 0.329. The Kier molecular flexibility index (Phi) is 6.11. The van der Waals surface area contributed by atoms with E-state index in [-0.39, 0.29) is 0 Å². The topological polar surface area (TPSA) is 43.2 Å². The van der Waals surface area contributed by atoms with Crippen molar-refractivity contribution in [1.29, 1.82) is 0 Å². The van der Waals surface area contributed by atoms with Crippen LogP contribution in [0, 0.1) is 0 Å². The van der Waals surface area contributed by atoms with Crippen molar-refractivity contribution in [2.45, 2.75) is 59.6 Å². The first kappa shape index (κ1) is 16.4. The monoisotopic (exact) mass is 274 g/mol. The molecule has 0 rings (SSSR count). The van der Waals surface area contributed by atoms with Crippen LogP contribution in [0.2, 0.25) is 39.3 Å². The largest absolute Gasteiger partial charge is 0.455 e. The lowest BCUT2D eigenvalue weighted by Crippen LogP contribution is -2.26. The molecule has 0 aliphatic heterocycles. The van der Waals surface area contributed by atoms with Crippen molar-refractivity contribution in [3.8, 4) is 0 Å². The Morgan fingerprint density at radius 2 is 1.29 bits per heavy atom. The van der Waals surface area contributed by atoms with Crippen LogP contribution in [-0.2, 0) is 9.05 Å². The van der Waals surface area contributed by atoms with E-state index in [2.05, 4.69) is 49.6 Å².